The summed E-state index contributed by atoms with van der Waals surface area (Å²) in [7, 11) is 0. The number of benzene rings is 1. The summed E-state index contributed by atoms with van der Waals surface area (Å²) in [6, 6.07) is 9.46. The van der Waals surface area contributed by atoms with Crippen LogP contribution in [0.4, 0.5) is 4.79 Å². The first-order valence-corrected chi connectivity index (χ1v) is 10.1. The maximum atomic E-state index is 12.3. The van der Waals surface area contributed by atoms with Crippen molar-refractivity contribution in [3.8, 4) is 0 Å². The first kappa shape index (κ1) is 21.2. The van der Waals surface area contributed by atoms with Gasteiger partial charge in [-0.1, -0.05) is 37.3 Å². The van der Waals surface area contributed by atoms with Crippen LogP contribution in [0.3, 0.4) is 0 Å². The Morgan fingerprint density at radius 1 is 1.22 bits per heavy atom. The molecule has 0 aliphatic carbocycles. The molecule has 1 aromatic rings. The Morgan fingerprint density at radius 2 is 1.93 bits per heavy atom. The van der Waals surface area contributed by atoms with Crippen LogP contribution < -0.4 is 10.6 Å². The van der Waals surface area contributed by atoms with E-state index >= 15 is 0 Å². The molecule has 1 aliphatic heterocycles. The van der Waals surface area contributed by atoms with Gasteiger partial charge in [-0.3, -0.25) is 4.79 Å². The van der Waals surface area contributed by atoms with Gasteiger partial charge in [-0.05, 0) is 63.2 Å². The van der Waals surface area contributed by atoms with Crippen molar-refractivity contribution < 1.29 is 14.7 Å². The topological polar surface area (TPSA) is 81.7 Å². The molecule has 27 heavy (non-hydrogen) atoms. The van der Waals surface area contributed by atoms with E-state index in [1.165, 1.54) is 6.42 Å². The van der Waals surface area contributed by atoms with E-state index in [0.717, 1.165) is 38.0 Å². The number of nitrogens with zero attached hydrogens (tertiary/aromatic N) is 1. The third-order valence-corrected chi connectivity index (χ3v) is 5.17. The van der Waals surface area contributed by atoms with E-state index < -0.39 is 5.97 Å². The van der Waals surface area contributed by atoms with Crippen molar-refractivity contribution in [3.63, 3.8) is 0 Å². The first-order chi connectivity index (χ1) is 13.1. The summed E-state index contributed by atoms with van der Waals surface area (Å²) in [6.07, 6.45) is 4.53. The number of likely N-dealkylation sites (tertiary alicyclic amines) is 1. The van der Waals surface area contributed by atoms with Crippen LogP contribution in [0, 0.1) is 5.92 Å². The molecule has 1 saturated heterocycles. The number of nitrogens with one attached hydrogen (secondary N) is 2. The van der Waals surface area contributed by atoms with Crippen molar-refractivity contribution >= 4 is 12.0 Å². The maximum Gasteiger partial charge on any atom is 0.315 e. The van der Waals surface area contributed by atoms with E-state index in [9.17, 15) is 9.59 Å². The molecule has 6 heteroatoms. The van der Waals surface area contributed by atoms with E-state index in [2.05, 4.69) is 22.5 Å². The van der Waals surface area contributed by atoms with Gasteiger partial charge in [0.1, 0.15) is 0 Å². The fourth-order valence-corrected chi connectivity index (χ4v) is 3.63. The Hall–Kier alpha value is -2.08. The number of carbonyl (C=O) groups excluding carboxylic acids is 1. The van der Waals surface area contributed by atoms with Gasteiger partial charge in [0.2, 0.25) is 0 Å². The molecule has 0 spiro atoms. The van der Waals surface area contributed by atoms with Gasteiger partial charge in [0.15, 0.2) is 0 Å². The minimum Gasteiger partial charge on any atom is -0.481 e. The SMILES string of the molecule is CCCN1CCC(CNC(=O)NC(CCC(=O)O)Cc2ccccc2)CC1. The number of hydrogen-bond donors (Lipinski definition) is 3. The van der Waals surface area contributed by atoms with Crippen LogP contribution >= 0.6 is 0 Å². The summed E-state index contributed by atoms with van der Waals surface area (Å²) in [6.45, 7) is 6.26. The summed E-state index contributed by atoms with van der Waals surface area (Å²) in [5.41, 5.74) is 1.09. The molecule has 1 atom stereocenters. The number of carboxylic acid groups (broad SMARTS) is 1. The molecule has 0 aromatic heterocycles. The predicted molar refractivity (Wildman–Crippen MR) is 107 cm³/mol. The van der Waals surface area contributed by atoms with Gasteiger partial charge in [-0.25, -0.2) is 4.79 Å². The molecule has 0 saturated carbocycles. The minimum atomic E-state index is -0.839. The highest BCUT2D eigenvalue weighted by atomic mass is 16.4. The Labute approximate surface area is 162 Å². The van der Waals surface area contributed by atoms with Crippen LogP contribution in [-0.2, 0) is 11.2 Å². The molecule has 2 rings (SSSR count). The molecule has 6 nitrogen and oxygen atoms in total. The second-order valence-electron chi connectivity index (χ2n) is 7.46. The zero-order valence-electron chi connectivity index (χ0n) is 16.3. The molecule has 150 valence electrons. The second kappa shape index (κ2) is 11.6. The number of carbonyl (C=O) groups is 2. The van der Waals surface area contributed by atoms with Crippen molar-refractivity contribution in [1.82, 2.24) is 15.5 Å². The summed E-state index contributed by atoms with van der Waals surface area (Å²) in [5, 5.41) is 14.9. The molecule has 1 unspecified atom stereocenters. The standard InChI is InChI=1S/C21H33N3O3/c1-2-12-24-13-10-18(11-14-24)16-22-21(27)23-19(8-9-20(25)26)15-17-6-4-3-5-7-17/h3-7,18-19H,2,8-16H2,1H3,(H,25,26)(H2,22,23,27). The van der Waals surface area contributed by atoms with Crippen molar-refractivity contribution in [2.24, 2.45) is 5.92 Å². The van der Waals surface area contributed by atoms with Gasteiger partial charge in [-0.2, -0.15) is 0 Å². The number of rotatable bonds is 10. The van der Waals surface area contributed by atoms with Crippen LogP contribution in [-0.4, -0.2) is 54.2 Å². The van der Waals surface area contributed by atoms with E-state index in [0.29, 0.717) is 25.3 Å². The lowest BCUT2D eigenvalue weighted by Gasteiger charge is -2.31. The number of carboxylic acids is 1. The van der Waals surface area contributed by atoms with Crippen molar-refractivity contribution in [3.05, 3.63) is 35.9 Å². The summed E-state index contributed by atoms with van der Waals surface area (Å²) < 4.78 is 0. The molecule has 1 heterocycles. The number of piperidine rings is 1. The van der Waals surface area contributed by atoms with E-state index in [1.54, 1.807) is 0 Å². The largest absolute Gasteiger partial charge is 0.481 e. The fraction of sp³-hybridized carbons (Fsp3) is 0.619. The zero-order chi connectivity index (χ0) is 19.5. The van der Waals surface area contributed by atoms with Gasteiger partial charge < -0.3 is 20.6 Å². The quantitative estimate of drug-likeness (QED) is 0.587. The van der Waals surface area contributed by atoms with Gasteiger partial charge >= 0.3 is 12.0 Å². The zero-order valence-corrected chi connectivity index (χ0v) is 16.3. The van der Waals surface area contributed by atoms with Gasteiger partial charge in [0, 0.05) is 19.0 Å². The van der Waals surface area contributed by atoms with Crippen molar-refractivity contribution in [1.29, 1.82) is 0 Å². The van der Waals surface area contributed by atoms with Gasteiger partial charge in [0.05, 0.1) is 0 Å². The number of aliphatic carboxylic acids is 1. The average Bonchev–Trinajstić information content (AvgIpc) is 2.66. The van der Waals surface area contributed by atoms with Crippen LogP contribution in [0.1, 0.15) is 44.6 Å². The number of amides is 2. The Kier molecular flexibility index (Phi) is 9.11. The van der Waals surface area contributed by atoms with E-state index in [-0.39, 0.29) is 18.5 Å². The van der Waals surface area contributed by atoms with Crippen LogP contribution in [0.5, 0.6) is 0 Å². The van der Waals surface area contributed by atoms with Crippen LogP contribution in [0.2, 0.25) is 0 Å². The minimum absolute atomic E-state index is 0.0493. The highest BCUT2D eigenvalue weighted by Crippen LogP contribution is 2.16. The average molecular weight is 376 g/mol. The normalized spacial score (nSPS) is 16.6. The Bertz CT molecular complexity index is 571. The second-order valence-corrected chi connectivity index (χ2v) is 7.46. The maximum absolute atomic E-state index is 12.3. The van der Waals surface area contributed by atoms with E-state index in [1.807, 2.05) is 30.3 Å². The lowest BCUT2D eigenvalue weighted by molar-refractivity contribution is -0.137. The van der Waals surface area contributed by atoms with E-state index in [4.69, 9.17) is 5.11 Å². The lowest BCUT2D eigenvalue weighted by Crippen LogP contribution is -2.46. The number of hydrogen-bond acceptors (Lipinski definition) is 3. The third-order valence-electron chi connectivity index (χ3n) is 5.17. The fourth-order valence-electron chi connectivity index (χ4n) is 3.63. The number of urea groups is 1. The molecule has 2 amide bonds. The van der Waals surface area contributed by atoms with Gasteiger partial charge in [0.25, 0.3) is 0 Å². The molecule has 1 fully saturated rings. The molecule has 0 bridgehead atoms. The van der Waals surface area contributed by atoms with Crippen LogP contribution in [0.15, 0.2) is 30.3 Å². The molecule has 3 N–H and O–H groups in total. The van der Waals surface area contributed by atoms with Crippen LogP contribution in [0.25, 0.3) is 0 Å². The molecule has 0 radical (unpaired) electrons. The highest BCUT2D eigenvalue weighted by molar-refractivity contribution is 5.74. The molecule has 1 aromatic carbocycles. The van der Waals surface area contributed by atoms with Crippen molar-refractivity contribution in [2.75, 3.05) is 26.2 Å². The molecular weight excluding hydrogens is 342 g/mol. The Balaban J connectivity index is 1.76. The smallest absolute Gasteiger partial charge is 0.315 e. The molecular formula is C21H33N3O3. The molecule has 1 aliphatic rings. The first-order valence-electron chi connectivity index (χ1n) is 10.1. The lowest BCUT2D eigenvalue weighted by atomic mass is 9.97. The Morgan fingerprint density at radius 3 is 2.56 bits per heavy atom. The van der Waals surface area contributed by atoms with Gasteiger partial charge in [-0.15, -0.1) is 0 Å². The summed E-state index contributed by atoms with van der Waals surface area (Å²) in [5.74, 6) is -0.315. The predicted octanol–water partition coefficient (Wildman–Crippen LogP) is 2.88. The third kappa shape index (κ3) is 8.43. The van der Waals surface area contributed by atoms with Crippen molar-refractivity contribution in [2.45, 2.75) is 51.5 Å². The monoisotopic (exact) mass is 375 g/mol. The summed E-state index contributed by atoms with van der Waals surface area (Å²) >= 11 is 0. The summed E-state index contributed by atoms with van der Waals surface area (Å²) in [4.78, 5) is 25.7. The highest BCUT2D eigenvalue weighted by Gasteiger charge is 2.20.